The van der Waals surface area contributed by atoms with Crippen molar-refractivity contribution in [2.75, 3.05) is 11.9 Å². The van der Waals surface area contributed by atoms with Crippen LogP contribution < -0.4 is 22.3 Å². The summed E-state index contributed by atoms with van der Waals surface area (Å²) in [4.78, 5) is 10.2. The lowest BCUT2D eigenvalue weighted by Gasteiger charge is -2.07. The number of aromatic nitrogens is 1. The van der Waals surface area contributed by atoms with Gasteiger partial charge < -0.3 is 17.7 Å². The normalized spacial score (nSPS) is 10.5. The Balaban J connectivity index is 0.00000280. The van der Waals surface area contributed by atoms with Crippen molar-refractivity contribution in [3.63, 3.8) is 0 Å². The molecule has 0 radical (unpaired) electrons. The molecule has 0 saturated heterocycles. The number of rotatable bonds is 7. The first-order valence-corrected chi connectivity index (χ1v) is 8.63. The Kier molecular flexibility index (Phi) is 7.86. The molecule has 28 heavy (non-hydrogen) atoms. The van der Waals surface area contributed by atoms with E-state index in [1.807, 2.05) is 36.7 Å². The second-order valence-corrected chi connectivity index (χ2v) is 6.08. The molecule has 1 N–H and O–H groups in total. The van der Waals surface area contributed by atoms with Gasteiger partial charge in [-0.1, -0.05) is 17.7 Å². The highest BCUT2D eigenvalue weighted by atomic mass is 35.5. The van der Waals surface area contributed by atoms with E-state index in [1.165, 1.54) is 12.1 Å². The molecule has 0 atom stereocenters. The van der Waals surface area contributed by atoms with Crippen LogP contribution in [-0.2, 0) is 6.54 Å². The lowest BCUT2D eigenvalue weighted by atomic mass is 10.3. The van der Waals surface area contributed by atoms with Crippen LogP contribution in [0.3, 0.4) is 0 Å². The van der Waals surface area contributed by atoms with Crippen LogP contribution in [0.15, 0.2) is 83.3 Å². The van der Waals surface area contributed by atoms with E-state index < -0.39 is 4.92 Å². The standard InChI is InChI=1S/C19H17ClN5O2.ClH/c20-18-14-16(23-22-15-4-7-17(8-5-15)25(26)27)6-9-19(18)21-10-13-24-11-2-1-3-12-24;/h1-9,11-12,14,21H,10,13H2;1H/q+1;/p-1. The van der Waals surface area contributed by atoms with E-state index in [-0.39, 0.29) is 18.1 Å². The van der Waals surface area contributed by atoms with Crippen LogP contribution in [-0.4, -0.2) is 11.5 Å². The van der Waals surface area contributed by atoms with Crippen molar-refractivity contribution in [3.05, 3.63) is 88.2 Å². The highest BCUT2D eigenvalue weighted by Crippen LogP contribution is 2.28. The first-order valence-electron chi connectivity index (χ1n) is 8.25. The summed E-state index contributed by atoms with van der Waals surface area (Å²) < 4.78 is 2.08. The van der Waals surface area contributed by atoms with E-state index in [0.29, 0.717) is 16.4 Å². The quantitative estimate of drug-likeness (QED) is 0.276. The molecule has 0 unspecified atom stereocenters. The van der Waals surface area contributed by atoms with Gasteiger partial charge in [0.2, 0.25) is 0 Å². The molecule has 0 fully saturated rings. The van der Waals surface area contributed by atoms with Crippen LogP contribution in [0.5, 0.6) is 0 Å². The van der Waals surface area contributed by atoms with Crippen molar-refractivity contribution in [1.82, 2.24) is 0 Å². The van der Waals surface area contributed by atoms with Crippen molar-refractivity contribution in [2.24, 2.45) is 10.2 Å². The average Bonchev–Trinajstić information content (AvgIpc) is 2.69. The first-order chi connectivity index (χ1) is 13.1. The number of halogens is 2. The lowest BCUT2D eigenvalue weighted by Crippen LogP contribution is -3.00. The van der Waals surface area contributed by atoms with Crippen LogP contribution in [0.25, 0.3) is 0 Å². The molecule has 0 amide bonds. The van der Waals surface area contributed by atoms with E-state index in [0.717, 1.165) is 18.8 Å². The van der Waals surface area contributed by atoms with Gasteiger partial charge in [0.25, 0.3) is 5.69 Å². The average molecular weight is 418 g/mol. The molecule has 3 rings (SSSR count). The summed E-state index contributed by atoms with van der Waals surface area (Å²) in [6.07, 6.45) is 4.01. The number of nitro groups is 1. The largest absolute Gasteiger partial charge is 1.00 e. The van der Waals surface area contributed by atoms with Crippen molar-refractivity contribution < 1.29 is 21.9 Å². The Labute approximate surface area is 173 Å². The summed E-state index contributed by atoms with van der Waals surface area (Å²) >= 11 is 6.30. The monoisotopic (exact) mass is 417 g/mol. The Morgan fingerprint density at radius 2 is 1.64 bits per heavy atom. The Morgan fingerprint density at radius 1 is 1.00 bits per heavy atom. The van der Waals surface area contributed by atoms with Gasteiger partial charge in [-0.2, -0.15) is 10.2 Å². The maximum absolute atomic E-state index is 10.6. The van der Waals surface area contributed by atoms with Gasteiger partial charge in [-0.25, -0.2) is 4.57 Å². The van der Waals surface area contributed by atoms with Crippen LogP contribution in [0.2, 0.25) is 5.02 Å². The van der Waals surface area contributed by atoms with Crippen molar-refractivity contribution >= 4 is 34.4 Å². The number of pyridine rings is 1. The van der Waals surface area contributed by atoms with Crippen LogP contribution >= 0.6 is 11.6 Å². The predicted octanol–water partition coefficient (Wildman–Crippen LogP) is 2.07. The van der Waals surface area contributed by atoms with Gasteiger partial charge in [0, 0.05) is 24.3 Å². The Morgan fingerprint density at radius 3 is 2.29 bits per heavy atom. The third-order valence-electron chi connectivity index (χ3n) is 3.76. The number of hydrogen-bond acceptors (Lipinski definition) is 5. The molecule has 3 aromatic rings. The molecular weight excluding hydrogens is 401 g/mol. The number of non-ortho nitro benzene ring substituents is 1. The highest BCUT2D eigenvalue weighted by molar-refractivity contribution is 6.33. The second kappa shape index (κ2) is 10.3. The molecular formula is C19H17Cl2N5O2. The van der Waals surface area contributed by atoms with Gasteiger partial charge in [-0.3, -0.25) is 10.1 Å². The number of nitro benzene ring substituents is 1. The summed E-state index contributed by atoms with van der Waals surface area (Å²) in [5, 5.41) is 22.7. The van der Waals surface area contributed by atoms with Gasteiger partial charge in [-0.05, 0) is 30.3 Å². The predicted molar refractivity (Wildman–Crippen MR) is 104 cm³/mol. The Hall–Kier alpha value is -3.03. The number of anilines is 1. The minimum atomic E-state index is -0.456. The fourth-order valence-corrected chi connectivity index (χ4v) is 2.61. The molecule has 144 valence electrons. The summed E-state index contributed by atoms with van der Waals surface area (Å²) in [5.41, 5.74) is 1.96. The highest BCUT2D eigenvalue weighted by Gasteiger charge is 2.05. The summed E-state index contributed by atoms with van der Waals surface area (Å²) in [6.45, 7) is 1.55. The van der Waals surface area contributed by atoms with Crippen molar-refractivity contribution in [3.8, 4) is 0 Å². The minimum Gasteiger partial charge on any atom is -1.00 e. The minimum absolute atomic E-state index is 0. The van der Waals surface area contributed by atoms with E-state index in [4.69, 9.17) is 11.6 Å². The lowest BCUT2D eigenvalue weighted by molar-refractivity contribution is -0.694. The van der Waals surface area contributed by atoms with Crippen molar-refractivity contribution in [1.29, 1.82) is 0 Å². The maximum atomic E-state index is 10.6. The molecule has 7 nitrogen and oxygen atoms in total. The SMILES string of the molecule is O=[N+]([O-])c1ccc(N=Nc2ccc(NCC[n+]3ccccc3)c(Cl)c2)cc1.[Cl-]. The van der Waals surface area contributed by atoms with Crippen LogP contribution in [0, 0.1) is 10.1 Å². The molecule has 1 aromatic heterocycles. The van der Waals surface area contributed by atoms with Gasteiger partial charge in [0.05, 0.1) is 33.6 Å². The Bertz CT molecular complexity index is 950. The molecule has 2 aromatic carbocycles. The zero-order valence-corrected chi connectivity index (χ0v) is 16.2. The topological polar surface area (TPSA) is 83.8 Å². The molecule has 0 spiro atoms. The summed E-state index contributed by atoms with van der Waals surface area (Å²) in [6, 6.07) is 17.2. The van der Waals surface area contributed by atoms with Gasteiger partial charge in [-0.15, -0.1) is 0 Å². The number of hydrogen-bond donors (Lipinski definition) is 1. The second-order valence-electron chi connectivity index (χ2n) is 5.68. The van der Waals surface area contributed by atoms with Gasteiger partial charge in [0.15, 0.2) is 18.9 Å². The van der Waals surface area contributed by atoms with Crippen molar-refractivity contribution in [2.45, 2.75) is 6.54 Å². The zero-order chi connectivity index (χ0) is 19.1. The van der Waals surface area contributed by atoms with Gasteiger partial charge in [0.1, 0.15) is 0 Å². The van der Waals surface area contributed by atoms with Crippen LogP contribution in [0.1, 0.15) is 0 Å². The number of nitrogens with zero attached hydrogens (tertiary/aromatic N) is 4. The smallest absolute Gasteiger partial charge is 0.269 e. The van der Waals surface area contributed by atoms with E-state index >= 15 is 0 Å². The fraction of sp³-hybridized carbons (Fsp3) is 0.105. The zero-order valence-electron chi connectivity index (χ0n) is 14.7. The van der Waals surface area contributed by atoms with E-state index in [1.54, 1.807) is 24.3 Å². The number of azo groups is 1. The van der Waals surface area contributed by atoms with E-state index in [9.17, 15) is 10.1 Å². The molecule has 0 aliphatic carbocycles. The van der Waals surface area contributed by atoms with Gasteiger partial charge >= 0.3 is 0 Å². The number of nitrogens with one attached hydrogen (secondary N) is 1. The van der Waals surface area contributed by atoms with Crippen LogP contribution in [0.4, 0.5) is 22.7 Å². The third kappa shape index (κ3) is 6.00. The molecule has 0 saturated carbocycles. The first kappa shape index (κ1) is 21.3. The molecule has 1 heterocycles. The maximum Gasteiger partial charge on any atom is 0.269 e. The summed E-state index contributed by atoms with van der Waals surface area (Å²) in [5.74, 6) is 0. The summed E-state index contributed by atoms with van der Waals surface area (Å²) in [7, 11) is 0. The molecule has 0 bridgehead atoms. The number of benzene rings is 2. The molecule has 0 aliphatic heterocycles. The third-order valence-corrected chi connectivity index (χ3v) is 4.07. The molecule has 0 aliphatic rings. The fourth-order valence-electron chi connectivity index (χ4n) is 2.37. The molecule has 9 heteroatoms. The van der Waals surface area contributed by atoms with E-state index in [2.05, 4.69) is 20.1 Å².